The molecule has 1 atom stereocenters. The van der Waals surface area contributed by atoms with Crippen molar-refractivity contribution in [3.63, 3.8) is 0 Å². The topological polar surface area (TPSA) is 84.2 Å². The minimum absolute atomic E-state index is 0.0537. The normalized spacial score (nSPS) is 12.3. The molecule has 0 aliphatic rings. The van der Waals surface area contributed by atoms with Gasteiger partial charge in [0.05, 0.1) is 17.4 Å². The molecule has 2 rings (SSSR count). The molecule has 1 aromatic heterocycles. The number of carbonyl (C=O) groups excluding carboxylic acids is 1. The number of carbonyl (C=O) groups is 2. The lowest BCUT2D eigenvalue weighted by Crippen LogP contribution is -2.39. The molecule has 6 nitrogen and oxygen atoms in total. The van der Waals surface area contributed by atoms with Gasteiger partial charge >= 0.3 is 5.97 Å². The molecular weight excluding hydrogens is 234 g/mol. The number of benzene rings is 1. The molecule has 0 saturated carbocycles. The highest BCUT2D eigenvalue weighted by Gasteiger charge is 2.14. The van der Waals surface area contributed by atoms with Crippen LogP contribution in [0.25, 0.3) is 11.0 Å². The van der Waals surface area contributed by atoms with E-state index in [9.17, 15) is 9.59 Å². The molecule has 0 bridgehead atoms. The Morgan fingerprint density at radius 1 is 1.44 bits per heavy atom. The molecular formula is C12H13N3O3. The number of imidazole rings is 1. The molecule has 6 heteroatoms. The van der Waals surface area contributed by atoms with Gasteiger partial charge in [-0.15, -0.1) is 0 Å². The largest absolute Gasteiger partial charge is 0.480 e. The lowest BCUT2D eigenvalue weighted by molar-refractivity contribution is -0.141. The van der Waals surface area contributed by atoms with Crippen LogP contribution < -0.4 is 5.32 Å². The smallest absolute Gasteiger partial charge is 0.325 e. The van der Waals surface area contributed by atoms with E-state index in [0.29, 0.717) is 0 Å². The molecule has 0 spiro atoms. The van der Waals surface area contributed by atoms with Gasteiger partial charge in [0.1, 0.15) is 12.6 Å². The number of aromatic nitrogens is 2. The van der Waals surface area contributed by atoms with Crippen molar-refractivity contribution in [1.82, 2.24) is 14.9 Å². The zero-order chi connectivity index (χ0) is 13.1. The summed E-state index contributed by atoms with van der Waals surface area (Å²) in [6.07, 6.45) is 1.57. The third-order valence-corrected chi connectivity index (χ3v) is 2.59. The standard InChI is InChI=1S/C12H13N3O3/c1-8(12(17)18)14-11(16)6-15-7-13-9-4-2-3-5-10(9)15/h2-5,7-8H,6H2,1H3,(H,14,16)(H,17,18). The molecule has 2 N–H and O–H groups in total. The van der Waals surface area contributed by atoms with E-state index in [2.05, 4.69) is 10.3 Å². The van der Waals surface area contributed by atoms with E-state index in [4.69, 9.17) is 5.11 Å². The Hall–Kier alpha value is -2.37. The molecule has 2 aromatic rings. The fourth-order valence-corrected chi connectivity index (χ4v) is 1.64. The second-order valence-electron chi connectivity index (χ2n) is 3.99. The van der Waals surface area contributed by atoms with Crippen LogP contribution in [0.2, 0.25) is 0 Å². The summed E-state index contributed by atoms with van der Waals surface area (Å²) in [7, 11) is 0. The van der Waals surface area contributed by atoms with E-state index >= 15 is 0 Å². The number of hydrogen-bond acceptors (Lipinski definition) is 3. The fraction of sp³-hybridized carbons (Fsp3) is 0.250. The molecule has 1 aromatic carbocycles. The Kier molecular flexibility index (Phi) is 3.27. The van der Waals surface area contributed by atoms with Gasteiger partial charge < -0.3 is 15.0 Å². The molecule has 1 amide bonds. The summed E-state index contributed by atoms with van der Waals surface area (Å²) in [6, 6.07) is 6.54. The molecule has 94 valence electrons. The number of fused-ring (bicyclic) bond motifs is 1. The fourth-order valence-electron chi connectivity index (χ4n) is 1.64. The third kappa shape index (κ3) is 2.48. The number of aliphatic carboxylic acids is 1. The maximum atomic E-state index is 11.6. The number of carboxylic acid groups (broad SMARTS) is 1. The van der Waals surface area contributed by atoms with Crippen molar-refractivity contribution < 1.29 is 14.7 Å². The summed E-state index contributed by atoms with van der Waals surface area (Å²) >= 11 is 0. The molecule has 0 saturated heterocycles. The van der Waals surface area contributed by atoms with Gasteiger partial charge in [0.15, 0.2) is 0 Å². The van der Waals surface area contributed by atoms with E-state index in [0.717, 1.165) is 11.0 Å². The van der Waals surface area contributed by atoms with Crippen LogP contribution in [-0.4, -0.2) is 32.6 Å². The summed E-state index contributed by atoms with van der Waals surface area (Å²) < 4.78 is 1.68. The van der Waals surface area contributed by atoms with Crippen LogP contribution >= 0.6 is 0 Å². The van der Waals surface area contributed by atoms with E-state index < -0.39 is 12.0 Å². The molecule has 0 fully saturated rings. The highest BCUT2D eigenvalue weighted by atomic mass is 16.4. The number of rotatable bonds is 4. The van der Waals surface area contributed by atoms with Crippen molar-refractivity contribution in [2.45, 2.75) is 19.5 Å². The van der Waals surface area contributed by atoms with Crippen molar-refractivity contribution >= 4 is 22.9 Å². The highest BCUT2D eigenvalue weighted by Crippen LogP contribution is 2.11. The molecule has 0 aliphatic heterocycles. The summed E-state index contributed by atoms with van der Waals surface area (Å²) in [5, 5.41) is 11.1. The van der Waals surface area contributed by atoms with Crippen LogP contribution in [0.4, 0.5) is 0 Å². The zero-order valence-electron chi connectivity index (χ0n) is 9.83. The lowest BCUT2D eigenvalue weighted by Gasteiger charge is -2.09. The third-order valence-electron chi connectivity index (χ3n) is 2.59. The lowest BCUT2D eigenvalue weighted by atomic mass is 10.3. The summed E-state index contributed by atoms with van der Waals surface area (Å²) in [6.45, 7) is 1.48. The van der Waals surface area contributed by atoms with E-state index in [1.807, 2.05) is 24.3 Å². The number of amides is 1. The maximum Gasteiger partial charge on any atom is 0.325 e. The van der Waals surface area contributed by atoms with Gasteiger partial charge in [-0.05, 0) is 19.1 Å². The Morgan fingerprint density at radius 2 is 2.17 bits per heavy atom. The number of para-hydroxylation sites is 2. The van der Waals surface area contributed by atoms with Crippen LogP contribution in [0.15, 0.2) is 30.6 Å². The van der Waals surface area contributed by atoms with Crippen LogP contribution in [0.1, 0.15) is 6.92 Å². The van der Waals surface area contributed by atoms with Crippen molar-refractivity contribution in [1.29, 1.82) is 0 Å². The second kappa shape index (κ2) is 4.87. The maximum absolute atomic E-state index is 11.6. The molecule has 1 heterocycles. The van der Waals surface area contributed by atoms with E-state index in [1.54, 1.807) is 10.9 Å². The first-order valence-electron chi connectivity index (χ1n) is 5.50. The molecule has 1 unspecified atom stereocenters. The van der Waals surface area contributed by atoms with Gasteiger partial charge in [0.2, 0.25) is 5.91 Å². The number of nitrogens with zero attached hydrogens (tertiary/aromatic N) is 2. The van der Waals surface area contributed by atoms with Gasteiger partial charge in [-0.2, -0.15) is 0 Å². The Bertz CT molecular complexity index is 591. The average molecular weight is 247 g/mol. The van der Waals surface area contributed by atoms with Gasteiger partial charge in [-0.25, -0.2) is 4.98 Å². The Labute approximate surface area is 103 Å². The Balaban J connectivity index is 2.10. The molecule has 0 aliphatic carbocycles. The average Bonchev–Trinajstić information content (AvgIpc) is 2.72. The highest BCUT2D eigenvalue weighted by molar-refractivity contribution is 5.84. The summed E-state index contributed by atoms with van der Waals surface area (Å²) in [4.78, 5) is 26.4. The van der Waals surface area contributed by atoms with E-state index in [1.165, 1.54) is 6.92 Å². The van der Waals surface area contributed by atoms with Crippen LogP contribution in [0.3, 0.4) is 0 Å². The zero-order valence-corrected chi connectivity index (χ0v) is 9.83. The van der Waals surface area contributed by atoms with Gasteiger partial charge in [-0.1, -0.05) is 12.1 Å². The number of hydrogen-bond donors (Lipinski definition) is 2. The van der Waals surface area contributed by atoms with Crippen molar-refractivity contribution in [2.75, 3.05) is 0 Å². The van der Waals surface area contributed by atoms with Gasteiger partial charge in [0, 0.05) is 0 Å². The predicted molar refractivity (Wildman–Crippen MR) is 65.0 cm³/mol. The molecule has 0 radical (unpaired) electrons. The number of carboxylic acids is 1. The monoisotopic (exact) mass is 247 g/mol. The first-order chi connectivity index (χ1) is 8.58. The van der Waals surface area contributed by atoms with Crippen LogP contribution in [0, 0.1) is 0 Å². The first kappa shape index (κ1) is 12.1. The first-order valence-corrected chi connectivity index (χ1v) is 5.50. The minimum atomic E-state index is -1.06. The predicted octanol–water partition coefficient (Wildman–Crippen LogP) is 0.626. The van der Waals surface area contributed by atoms with Gasteiger partial charge in [-0.3, -0.25) is 9.59 Å². The summed E-state index contributed by atoms with van der Waals surface area (Å²) in [5.74, 6) is -1.41. The van der Waals surface area contributed by atoms with Crippen molar-refractivity contribution in [3.8, 4) is 0 Å². The van der Waals surface area contributed by atoms with Crippen molar-refractivity contribution in [3.05, 3.63) is 30.6 Å². The Morgan fingerprint density at radius 3 is 2.89 bits per heavy atom. The molecule has 18 heavy (non-hydrogen) atoms. The quantitative estimate of drug-likeness (QED) is 0.829. The van der Waals surface area contributed by atoms with Gasteiger partial charge in [0.25, 0.3) is 0 Å². The SMILES string of the molecule is CC(NC(=O)Cn1cnc2ccccc21)C(=O)O. The number of nitrogens with one attached hydrogen (secondary N) is 1. The summed E-state index contributed by atoms with van der Waals surface area (Å²) in [5.41, 5.74) is 1.65. The second-order valence-corrected chi connectivity index (χ2v) is 3.99. The van der Waals surface area contributed by atoms with Crippen LogP contribution in [0.5, 0.6) is 0 Å². The minimum Gasteiger partial charge on any atom is -0.480 e. The van der Waals surface area contributed by atoms with Crippen molar-refractivity contribution in [2.24, 2.45) is 0 Å². The van der Waals surface area contributed by atoms with Crippen LogP contribution in [-0.2, 0) is 16.1 Å². The van der Waals surface area contributed by atoms with E-state index in [-0.39, 0.29) is 12.5 Å².